The second kappa shape index (κ2) is 12.7. The zero-order valence-corrected chi connectivity index (χ0v) is 17.6. The third-order valence-corrected chi connectivity index (χ3v) is 5.44. The summed E-state index contributed by atoms with van der Waals surface area (Å²) in [6.45, 7) is 0.490. The van der Waals surface area contributed by atoms with Crippen molar-refractivity contribution in [3.8, 4) is 0 Å². The summed E-state index contributed by atoms with van der Waals surface area (Å²) < 4.78 is 0. The summed E-state index contributed by atoms with van der Waals surface area (Å²) in [5, 5.41) is 20.6. The van der Waals surface area contributed by atoms with Gasteiger partial charge in [-0.2, -0.15) is 0 Å². The number of nitrogens with zero attached hydrogens (tertiary/aromatic N) is 1. The average molecular weight is 434 g/mol. The zero-order valence-electron chi connectivity index (χ0n) is 17.6. The molecule has 1 fully saturated rings. The monoisotopic (exact) mass is 433 g/mol. The molecular formula is C22H31N3O6. The van der Waals surface area contributed by atoms with Crippen molar-refractivity contribution in [2.75, 3.05) is 6.54 Å². The highest BCUT2D eigenvalue weighted by atomic mass is 16.5. The van der Waals surface area contributed by atoms with E-state index in [4.69, 9.17) is 5.21 Å². The Kier molecular flexibility index (Phi) is 9.96. The number of carboxylic acids is 1. The first-order chi connectivity index (χ1) is 14.9. The quantitative estimate of drug-likeness (QED) is 0.225. The number of nitrogens with one attached hydrogen (secondary N) is 2. The Bertz CT molecular complexity index is 755. The van der Waals surface area contributed by atoms with Crippen LogP contribution in [0, 0.1) is 0 Å². The molecule has 0 bridgehead atoms. The highest BCUT2D eigenvalue weighted by Gasteiger charge is 2.35. The molecule has 1 aliphatic heterocycles. The van der Waals surface area contributed by atoms with E-state index in [9.17, 15) is 24.3 Å². The molecule has 3 amide bonds. The number of hydroxylamine groups is 1. The number of hydrogen-bond donors (Lipinski definition) is 4. The van der Waals surface area contributed by atoms with Gasteiger partial charge in [0, 0.05) is 25.8 Å². The van der Waals surface area contributed by atoms with Gasteiger partial charge in [-0.25, -0.2) is 10.3 Å². The number of carbonyl (C=O) groups is 4. The maximum Gasteiger partial charge on any atom is 0.326 e. The molecule has 0 aliphatic carbocycles. The second-order valence-corrected chi connectivity index (χ2v) is 7.78. The van der Waals surface area contributed by atoms with Crippen LogP contribution in [0.2, 0.25) is 0 Å². The van der Waals surface area contributed by atoms with Crippen LogP contribution in [0.4, 0.5) is 0 Å². The van der Waals surface area contributed by atoms with Crippen LogP contribution in [0.5, 0.6) is 0 Å². The fourth-order valence-corrected chi connectivity index (χ4v) is 3.77. The molecule has 1 aromatic carbocycles. The Morgan fingerprint density at radius 1 is 1.03 bits per heavy atom. The molecule has 2 rings (SSSR count). The molecular weight excluding hydrogens is 402 g/mol. The van der Waals surface area contributed by atoms with Gasteiger partial charge in [0.2, 0.25) is 17.7 Å². The SMILES string of the molecule is O=C(CCCCCCC(=O)N1CCCC1C(=O)N[C@@H](Cc1ccccc1)C(=O)O)NO. The molecule has 9 nitrogen and oxygen atoms in total. The molecule has 0 saturated carbocycles. The van der Waals surface area contributed by atoms with Crippen LogP contribution in [0.1, 0.15) is 56.9 Å². The Hall–Kier alpha value is -2.94. The first-order valence-corrected chi connectivity index (χ1v) is 10.7. The third-order valence-electron chi connectivity index (χ3n) is 5.44. The normalized spacial score (nSPS) is 16.5. The Morgan fingerprint density at radius 3 is 2.35 bits per heavy atom. The fraction of sp³-hybridized carbons (Fsp3) is 0.545. The molecule has 9 heteroatoms. The number of rotatable bonds is 12. The van der Waals surface area contributed by atoms with E-state index in [1.807, 2.05) is 30.3 Å². The number of amides is 3. The van der Waals surface area contributed by atoms with Crippen molar-refractivity contribution in [3.63, 3.8) is 0 Å². The van der Waals surface area contributed by atoms with Crippen LogP contribution >= 0.6 is 0 Å². The van der Waals surface area contributed by atoms with Crippen LogP contribution in [0.15, 0.2) is 30.3 Å². The predicted octanol–water partition coefficient (Wildman–Crippen LogP) is 1.64. The van der Waals surface area contributed by atoms with E-state index in [0.29, 0.717) is 38.6 Å². The van der Waals surface area contributed by atoms with Crippen molar-refractivity contribution in [2.24, 2.45) is 0 Å². The van der Waals surface area contributed by atoms with E-state index in [2.05, 4.69) is 5.32 Å². The standard InChI is InChI=1S/C22H31N3O6/c26-19(24-31)12-6-1-2-7-13-20(27)25-14-8-11-18(25)21(28)23-17(22(29)30)15-16-9-4-3-5-10-16/h3-5,9-10,17-18,31H,1-2,6-8,11-15H2,(H,23,28)(H,24,26)(H,29,30)/t17-,18?/m0/s1. The predicted molar refractivity (Wildman–Crippen MR) is 112 cm³/mol. The van der Waals surface area contributed by atoms with E-state index in [1.54, 1.807) is 10.4 Å². The lowest BCUT2D eigenvalue weighted by Crippen LogP contribution is -2.51. The van der Waals surface area contributed by atoms with Gasteiger partial charge in [-0.05, 0) is 31.2 Å². The number of unbranched alkanes of at least 4 members (excludes halogenated alkanes) is 3. The maximum atomic E-state index is 12.7. The molecule has 1 saturated heterocycles. The topological polar surface area (TPSA) is 136 Å². The van der Waals surface area contributed by atoms with Crippen molar-refractivity contribution in [2.45, 2.75) is 69.9 Å². The maximum absolute atomic E-state index is 12.7. The van der Waals surface area contributed by atoms with Gasteiger partial charge >= 0.3 is 5.97 Å². The second-order valence-electron chi connectivity index (χ2n) is 7.78. The first kappa shape index (κ1) is 24.3. The van der Waals surface area contributed by atoms with Gasteiger partial charge in [-0.3, -0.25) is 19.6 Å². The lowest BCUT2D eigenvalue weighted by Gasteiger charge is -2.25. The summed E-state index contributed by atoms with van der Waals surface area (Å²) >= 11 is 0. The molecule has 0 radical (unpaired) electrons. The van der Waals surface area contributed by atoms with Gasteiger partial charge in [-0.15, -0.1) is 0 Å². The summed E-state index contributed by atoms with van der Waals surface area (Å²) in [4.78, 5) is 49.5. The highest BCUT2D eigenvalue weighted by Crippen LogP contribution is 2.20. The van der Waals surface area contributed by atoms with E-state index in [1.165, 1.54) is 0 Å². The Labute approximate surface area is 181 Å². The lowest BCUT2D eigenvalue weighted by molar-refractivity contribution is -0.143. The van der Waals surface area contributed by atoms with Crippen LogP contribution in [-0.4, -0.2) is 57.5 Å². The van der Waals surface area contributed by atoms with Crippen molar-refractivity contribution in [3.05, 3.63) is 35.9 Å². The number of likely N-dealkylation sites (tertiary alicyclic amines) is 1. The van der Waals surface area contributed by atoms with E-state index >= 15 is 0 Å². The van der Waals surface area contributed by atoms with Crippen molar-refractivity contribution < 1.29 is 29.5 Å². The summed E-state index contributed by atoms with van der Waals surface area (Å²) in [5.41, 5.74) is 2.40. The highest BCUT2D eigenvalue weighted by molar-refractivity contribution is 5.91. The summed E-state index contributed by atoms with van der Waals surface area (Å²) in [5.74, 6) is -2.07. The van der Waals surface area contributed by atoms with Gasteiger partial charge in [0.25, 0.3) is 0 Å². The van der Waals surface area contributed by atoms with Crippen molar-refractivity contribution in [1.82, 2.24) is 15.7 Å². The number of carboxylic acid groups (broad SMARTS) is 1. The van der Waals surface area contributed by atoms with Gasteiger partial charge in [0.1, 0.15) is 12.1 Å². The van der Waals surface area contributed by atoms with Gasteiger partial charge < -0.3 is 15.3 Å². The van der Waals surface area contributed by atoms with Crippen LogP contribution in [-0.2, 0) is 25.6 Å². The van der Waals surface area contributed by atoms with Crippen LogP contribution < -0.4 is 10.8 Å². The molecule has 1 unspecified atom stereocenters. The number of benzene rings is 1. The van der Waals surface area contributed by atoms with E-state index in [0.717, 1.165) is 18.4 Å². The van der Waals surface area contributed by atoms with Crippen LogP contribution in [0.25, 0.3) is 0 Å². The van der Waals surface area contributed by atoms with E-state index < -0.39 is 29.9 Å². The summed E-state index contributed by atoms with van der Waals surface area (Å²) in [7, 11) is 0. The summed E-state index contributed by atoms with van der Waals surface area (Å²) in [6, 6.07) is 7.39. The number of aliphatic carboxylic acids is 1. The molecule has 0 aromatic heterocycles. The fourth-order valence-electron chi connectivity index (χ4n) is 3.77. The largest absolute Gasteiger partial charge is 0.480 e. The van der Waals surface area contributed by atoms with Gasteiger partial charge in [0.05, 0.1) is 0 Å². The van der Waals surface area contributed by atoms with Gasteiger partial charge in [0.15, 0.2) is 0 Å². The summed E-state index contributed by atoms with van der Waals surface area (Å²) in [6.07, 6.45) is 4.77. The smallest absolute Gasteiger partial charge is 0.326 e. The molecule has 31 heavy (non-hydrogen) atoms. The minimum atomic E-state index is -1.11. The molecule has 0 spiro atoms. The molecule has 4 N–H and O–H groups in total. The zero-order chi connectivity index (χ0) is 22.6. The molecule has 1 heterocycles. The van der Waals surface area contributed by atoms with Crippen molar-refractivity contribution >= 4 is 23.7 Å². The third kappa shape index (κ3) is 8.01. The van der Waals surface area contributed by atoms with Crippen molar-refractivity contribution in [1.29, 1.82) is 0 Å². The average Bonchev–Trinajstić information content (AvgIpc) is 3.26. The van der Waals surface area contributed by atoms with Gasteiger partial charge in [-0.1, -0.05) is 43.2 Å². The molecule has 1 aliphatic rings. The Balaban J connectivity index is 1.81. The van der Waals surface area contributed by atoms with E-state index in [-0.39, 0.29) is 18.7 Å². The molecule has 2 atom stereocenters. The lowest BCUT2D eigenvalue weighted by atomic mass is 10.1. The number of hydrogen-bond acceptors (Lipinski definition) is 5. The van der Waals surface area contributed by atoms with Crippen LogP contribution in [0.3, 0.4) is 0 Å². The molecule has 1 aromatic rings. The first-order valence-electron chi connectivity index (χ1n) is 10.7. The minimum Gasteiger partial charge on any atom is -0.480 e. The molecule has 170 valence electrons. The number of carbonyl (C=O) groups excluding carboxylic acids is 3. The minimum absolute atomic E-state index is 0.110. The Morgan fingerprint density at radius 2 is 1.71 bits per heavy atom.